The van der Waals surface area contributed by atoms with Crippen LogP contribution in [0.3, 0.4) is 0 Å². The zero-order valence-electron chi connectivity index (χ0n) is 27.0. The van der Waals surface area contributed by atoms with Crippen molar-refractivity contribution in [2.75, 3.05) is 25.9 Å². The zero-order chi connectivity index (χ0) is 34.1. The van der Waals surface area contributed by atoms with Gasteiger partial charge < -0.3 is 14.1 Å². The van der Waals surface area contributed by atoms with Crippen LogP contribution in [0, 0.1) is 27.9 Å². The van der Waals surface area contributed by atoms with Gasteiger partial charge in [0, 0.05) is 31.1 Å². The van der Waals surface area contributed by atoms with Gasteiger partial charge in [-0.1, -0.05) is 27.7 Å². The van der Waals surface area contributed by atoms with E-state index in [1.807, 2.05) is 23.5 Å². The number of sulfonamides is 1. The fourth-order valence-corrected chi connectivity index (χ4v) is 10.4. The number of β-lactam (4-membered cyclic amide) rings is 1. The first kappa shape index (κ1) is 35.4. The van der Waals surface area contributed by atoms with Crippen molar-refractivity contribution in [1.82, 2.24) is 14.5 Å². The standard InChI is InChI=1S/C30H42N4O10SSi/c1-7-46(8-2,9-3)44-19(5)24-25-18(4)23(17-32-15-14-21(16-32)27(35)31-45(6,41)42)26(33(25)28(24)36)30(38)43-29(37)20-10-12-22(13-11-20)34(39)40/h10-13,18-19,21,24-25H,7-9,14-17H2,1-6H3,(H,31,35)/t18-,19+,21-,24?,25+/m0/s1. The van der Waals surface area contributed by atoms with Gasteiger partial charge >= 0.3 is 11.9 Å². The Morgan fingerprint density at radius 2 is 1.72 bits per heavy atom. The summed E-state index contributed by atoms with van der Waals surface area (Å²) in [6.45, 7) is 11.0. The summed E-state index contributed by atoms with van der Waals surface area (Å²) >= 11 is 0. The highest BCUT2D eigenvalue weighted by Gasteiger charge is 2.61. The molecule has 3 aliphatic heterocycles. The van der Waals surface area contributed by atoms with E-state index < -0.39 is 65.1 Å². The monoisotopic (exact) mass is 678 g/mol. The highest BCUT2D eigenvalue weighted by Crippen LogP contribution is 2.49. The number of ether oxygens (including phenoxy) is 1. The van der Waals surface area contributed by atoms with E-state index in [1.54, 1.807) is 0 Å². The molecule has 252 valence electrons. The molecule has 46 heavy (non-hydrogen) atoms. The Bertz CT molecular complexity index is 1530. The van der Waals surface area contributed by atoms with Crippen LogP contribution in [0.4, 0.5) is 5.69 Å². The van der Waals surface area contributed by atoms with Crippen LogP contribution >= 0.6 is 0 Å². The first-order chi connectivity index (χ1) is 21.6. The molecule has 1 aromatic rings. The second kappa shape index (κ2) is 13.7. The highest BCUT2D eigenvalue weighted by atomic mass is 32.2. The Kier molecular flexibility index (Phi) is 10.5. The number of rotatable bonds is 13. The number of nitro groups is 1. The fourth-order valence-electron chi connectivity index (χ4n) is 6.90. The molecule has 5 atom stereocenters. The molecule has 0 aromatic heterocycles. The molecule has 2 fully saturated rings. The van der Waals surface area contributed by atoms with Crippen LogP contribution in [0.2, 0.25) is 18.1 Å². The topological polar surface area (TPSA) is 183 Å². The molecule has 0 aliphatic carbocycles. The summed E-state index contributed by atoms with van der Waals surface area (Å²) in [4.78, 5) is 66.6. The molecule has 1 N–H and O–H groups in total. The molecule has 1 unspecified atom stereocenters. The predicted octanol–water partition coefficient (Wildman–Crippen LogP) is 2.82. The van der Waals surface area contributed by atoms with Crippen LogP contribution in [-0.2, 0) is 33.6 Å². The van der Waals surface area contributed by atoms with Crippen molar-refractivity contribution in [2.24, 2.45) is 17.8 Å². The number of nitrogens with one attached hydrogen (secondary N) is 1. The van der Waals surface area contributed by atoms with Crippen LogP contribution in [-0.4, -0.2) is 93.2 Å². The van der Waals surface area contributed by atoms with Crippen molar-refractivity contribution in [3.8, 4) is 0 Å². The third-order valence-electron chi connectivity index (χ3n) is 9.69. The van der Waals surface area contributed by atoms with Gasteiger partial charge in [0.15, 0.2) is 8.32 Å². The number of nitro benzene ring substituents is 1. The lowest BCUT2D eigenvalue weighted by Gasteiger charge is -2.49. The normalized spacial score (nSPS) is 24.0. The second-order valence-corrected chi connectivity index (χ2v) is 18.9. The van der Waals surface area contributed by atoms with Crippen LogP contribution in [0.25, 0.3) is 0 Å². The minimum Gasteiger partial charge on any atom is -0.413 e. The lowest BCUT2D eigenvalue weighted by atomic mass is 9.77. The fraction of sp³-hybridized carbons (Fsp3) is 0.600. The van der Waals surface area contributed by atoms with Crippen molar-refractivity contribution in [2.45, 2.75) is 71.3 Å². The van der Waals surface area contributed by atoms with Gasteiger partial charge in [0.2, 0.25) is 21.8 Å². The number of non-ortho nitro benzene ring substituents is 1. The Labute approximate surface area is 269 Å². The van der Waals surface area contributed by atoms with Crippen LogP contribution in [0.1, 0.15) is 51.4 Å². The number of carbonyl (C=O) groups excluding carboxylic acids is 4. The third kappa shape index (κ3) is 7.09. The van der Waals surface area contributed by atoms with Gasteiger partial charge in [0.1, 0.15) is 5.70 Å². The van der Waals surface area contributed by atoms with Gasteiger partial charge in [-0.3, -0.25) is 29.3 Å². The zero-order valence-corrected chi connectivity index (χ0v) is 28.8. The number of hydrogen-bond acceptors (Lipinski definition) is 11. The van der Waals surface area contributed by atoms with Gasteiger partial charge in [-0.25, -0.2) is 18.0 Å². The number of esters is 2. The van der Waals surface area contributed by atoms with Gasteiger partial charge in [-0.05, 0) is 55.7 Å². The molecule has 0 saturated carbocycles. The Morgan fingerprint density at radius 3 is 2.26 bits per heavy atom. The number of nitrogens with zero attached hydrogens (tertiary/aromatic N) is 3. The number of fused-ring (bicyclic) bond motifs is 1. The molecule has 0 bridgehead atoms. The number of hydrogen-bond donors (Lipinski definition) is 1. The number of benzene rings is 1. The molecular weight excluding hydrogens is 637 g/mol. The third-order valence-corrected chi connectivity index (χ3v) is 15.0. The van der Waals surface area contributed by atoms with E-state index in [0.717, 1.165) is 36.5 Å². The van der Waals surface area contributed by atoms with E-state index in [4.69, 9.17) is 9.16 Å². The summed E-state index contributed by atoms with van der Waals surface area (Å²) in [5.41, 5.74) is 0.237. The maximum atomic E-state index is 13.8. The van der Waals surface area contributed by atoms with Crippen molar-refractivity contribution < 1.29 is 41.7 Å². The summed E-state index contributed by atoms with van der Waals surface area (Å²) in [7, 11) is -5.79. The maximum Gasteiger partial charge on any atom is 0.362 e. The van der Waals surface area contributed by atoms with E-state index in [0.29, 0.717) is 18.5 Å². The van der Waals surface area contributed by atoms with E-state index in [1.165, 1.54) is 17.0 Å². The van der Waals surface area contributed by atoms with Gasteiger partial charge in [-0.15, -0.1) is 0 Å². The molecule has 0 spiro atoms. The van der Waals surface area contributed by atoms with E-state index in [2.05, 4.69) is 20.8 Å². The molecule has 4 rings (SSSR count). The molecular formula is C30H42N4O10SSi. The van der Waals surface area contributed by atoms with Crippen molar-refractivity contribution >= 4 is 47.8 Å². The highest BCUT2D eigenvalue weighted by molar-refractivity contribution is 7.89. The largest absolute Gasteiger partial charge is 0.413 e. The first-order valence-corrected chi connectivity index (χ1v) is 20.0. The van der Waals surface area contributed by atoms with Gasteiger partial charge in [-0.2, -0.15) is 0 Å². The van der Waals surface area contributed by atoms with Crippen molar-refractivity contribution in [1.29, 1.82) is 0 Å². The Balaban J connectivity index is 1.60. The van der Waals surface area contributed by atoms with Crippen LogP contribution < -0.4 is 4.72 Å². The summed E-state index contributed by atoms with van der Waals surface area (Å²) in [5, 5.41) is 11.0. The van der Waals surface area contributed by atoms with Gasteiger partial charge in [0.25, 0.3) is 5.69 Å². The summed E-state index contributed by atoms with van der Waals surface area (Å²) < 4.78 is 37.1. The van der Waals surface area contributed by atoms with Gasteiger partial charge in [0.05, 0.1) is 40.7 Å². The minimum absolute atomic E-state index is 0.0322. The van der Waals surface area contributed by atoms with E-state index in [9.17, 15) is 37.7 Å². The smallest absolute Gasteiger partial charge is 0.362 e. The molecule has 2 saturated heterocycles. The minimum atomic E-state index is -3.72. The molecule has 0 radical (unpaired) electrons. The molecule has 14 nitrogen and oxygen atoms in total. The van der Waals surface area contributed by atoms with Crippen LogP contribution in [0.15, 0.2) is 35.5 Å². The van der Waals surface area contributed by atoms with Crippen molar-refractivity contribution in [3.05, 3.63) is 51.2 Å². The predicted molar refractivity (Wildman–Crippen MR) is 169 cm³/mol. The van der Waals surface area contributed by atoms with E-state index in [-0.39, 0.29) is 41.9 Å². The molecule has 2 amide bonds. The second-order valence-electron chi connectivity index (χ2n) is 12.4. The van der Waals surface area contributed by atoms with E-state index >= 15 is 0 Å². The average molecular weight is 679 g/mol. The summed E-state index contributed by atoms with van der Waals surface area (Å²) in [5.74, 6) is -4.34. The number of amides is 2. The lowest BCUT2D eigenvalue weighted by Crippen LogP contribution is -2.65. The molecule has 1 aromatic carbocycles. The lowest BCUT2D eigenvalue weighted by molar-refractivity contribution is -0.384. The SMILES string of the molecule is CC[Si](CC)(CC)O[C@H](C)C1C(=O)N2C(C(=O)OC(=O)c3ccc([N+](=O)[O-])cc3)=C(CN3CC[C@H](C(=O)NS(C)(=O)=O)C3)[C@H](C)[C@H]12. The molecule has 3 aliphatic rings. The molecule has 16 heteroatoms. The number of carbonyl (C=O) groups is 4. The number of likely N-dealkylation sites (tertiary alicyclic amines) is 1. The Morgan fingerprint density at radius 1 is 1.11 bits per heavy atom. The quantitative estimate of drug-likeness (QED) is 0.0809. The van der Waals surface area contributed by atoms with Crippen LogP contribution in [0.5, 0.6) is 0 Å². The summed E-state index contributed by atoms with van der Waals surface area (Å²) in [6.07, 6.45) is 0.921. The Hall–Kier alpha value is -3.47. The maximum absolute atomic E-state index is 13.8. The average Bonchev–Trinajstić information content (AvgIpc) is 3.56. The van der Waals surface area contributed by atoms with Crippen molar-refractivity contribution in [3.63, 3.8) is 0 Å². The molecule has 3 heterocycles. The summed E-state index contributed by atoms with van der Waals surface area (Å²) in [6, 6.07) is 6.94. The first-order valence-electron chi connectivity index (χ1n) is 15.5.